The van der Waals surface area contributed by atoms with Crippen molar-refractivity contribution in [2.45, 2.75) is 32.8 Å². The van der Waals surface area contributed by atoms with E-state index in [0.29, 0.717) is 11.3 Å². The molecule has 7 nitrogen and oxygen atoms in total. The lowest BCUT2D eigenvalue weighted by atomic mass is 10.1. The van der Waals surface area contributed by atoms with Gasteiger partial charge in [-0.15, -0.1) is 0 Å². The van der Waals surface area contributed by atoms with Crippen LogP contribution in [0.5, 0.6) is 5.75 Å². The molecule has 0 radical (unpaired) electrons. The molecule has 0 bridgehead atoms. The molecule has 110 valence electrons. The number of ether oxygens (including phenoxy) is 1. The first-order valence-corrected chi connectivity index (χ1v) is 6.11. The summed E-state index contributed by atoms with van der Waals surface area (Å²) < 4.78 is 5.09. The Morgan fingerprint density at radius 1 is 1.45 bits per heavy atom. The van der Waals surface area contributed by atoms with Crippen molar-refractivity contribution in [3.05, 3.63) is 33.9 Å². The molecule has 1 rings (SSSR count). The predicted octanol–water partition coefficient (Wildman–Crippen LogP) is 2.56. The van der Waals surface area contributed by atoms with Gasteiger partial charge in [0.2, 0.25) is 6.54 Å². The van der Waals surface area contributed by atoms with Crippen LogP contribution < -0.4 is 5.32 Å². The van der Waals surface area contributed by atoms with Gasteiger partial charge in [0.1, 0.15) is 11.4 Å². The highest BCUT2D eigenvalue weighted by Gasteiger charge is 2.16. The molecule has 0 spiro atoms. The lowest BCUT2D eigenvalue weighted by Crippen LogP contribution is -2.27. The first-order chi connectivity index (χ1) is 9.17. The van der Waals surface area contributed by atoms with Crippen molar-refractivity contribution in [1.29, 1.82) is 0 Å². The summed E-state index contributed by atoms with van der Waals surface area (Å²) in [5, 5.41) is 22.5. The minimum absolute atomic E-state index is 0.0402. The summed E-state index contributed by atoms with van der Waals surface area (Å²) in [4.78, 5) is 21.5. The van der Waals surface area contributed by atoms with Gasteiger partial charge in [0.15, 0.2) is 0 Å². The molecule has 0 saturated heterocycles. The van der Waals surface area contributed by atoms with Gasteiger partial charge in [-0.1, -0.05) is 0 Å². The van der Waals surface area contributed by atoms with Crippen LogP contribution in [-0.2, 0) is 11.2 Å². The molecule has 0 unspecified atom stereocenters. The van der Waals surface area contributed by atoms with Crippen molar-refractivity contribution in [2.75, 3.05) is 11.9 Å². The quantitative estimate of drug-likeness (QED) is 0.502. The summed E-state index contributed by atoms with van der Waals surface area (Å²) >= 11 is 0. The summed E-state index contributed by atoms with van der Waals surface area (Å²) in [5.41, 5.74) is 0.195. The Labute approximate surface area is 116 Å². The number of nitrogens with one attached hydrogen (secondary N) is 1. The Hall–Kier alpha value is -2.31. The van der Waals surface area contributed by atoms with Crippen LogP contribution in [0.2, 0.25) is 0 Å². The first kappa shape index (κ1) is 15.7. The van der Waals surface area contributed by atoms with Gasteiger partial charge in [0.25, 0.3) is 0 Å². The van der Waals surface area contributed by atoms with Gasteiger partial charge in [-0.25, -0.2) is 4.79 Å². The lowest BCUT2D eigenvalue weighted by molar-refractivity contribution is -0.479. The average Bonchev–Trinajstić information content (AvgIpc) is 2.27. The van der Waals surface area contributed by atoms with Gasteiger partial charge in [0, 0.05) is 22.6 Å². The number of nitro groups is 1. The molecule has 1 aromatic carbocycles. The smallest absolute Gasteiger partial charge is 0.412 e. The van der Waals surface area contributed by atoms with Crippen LogP contribution in [0.15, 0.2) is 18.2 Å². The Morgan fingerprint density at radius 3 is 2.65 bits per heavy atom. The van der Waals surface area contributed by atoms with E-state index in [9.17, 15) is 20.0 Å². The van der Waals surface area contributed by atoms with Gasteiger partial charge in [-0.3, -0.25) is 15.4 Å². The van der Waals surface area contributed by atoms with Crippen LogP contribution in [0.25, 0.3) is 0 Å². The maximum Gasteiger partial charge on any atom is 0.412 e. The number of phenolic OH excluding ortho intramolecular Hbond substituents is 1. The third-order valence-electron chi connectivity index (χ3n) is 2.29. The lowest BCUT2D eigenvalue weighted by Gasteiger charge is -2.19. The maximum absolute atomic E-state index is 11.6. The second-order valence-corrected chi connectivity index (χ2v) is 5.28. The third kappa shape index (κ3) is 5.55. The third-order valence-corrected chi connectivity index (χ3v) is 2.29. The fraction of sp³-hybridized carbons (Fsp3) is 0.462. The Bertz CT molecular complexity index is 508. The number of benzene rings is 1. The van der Waals surface area contributed by atoms with Crippen molar-refractivity contribution in [1.82, 2.24) is 0 Å². The summed E-state index contributed by atoms with van der Waals surface area (Å²) in [6.45, 7) is 4.94. The second kappa shape index (κ2) is 6.23. The summed E-state index contributed by atoms with van der Waals surface area (Å²) in [6, 6.07) is 4.36. The van der Waals surface area contributed by atoms with E-state index >= 15 is 0 Å². The zero-order valence-electron chi connectivity index (χ0n) is 11.7. The predicted molar refractivity (Wildman–Crippen MR) is 73.5 cm³/mol. The van der Waals surface area contributed by atoms with Crippen LogP contribution in [0.4, 0.5) is 10.5 Å². The molecule has 0 fully saturated rings. The first-order valence-electron chi connectivity index (χ1n) is 6.11. The molecule has 7 heteroatoms. The number of rotatable bonds is 4. The maximum atomic E-state index is 11.6. The highest BCUT2D eigenvalue weighted by Crippen LogP contribution is 2.22. The number of hydrogen-bond acceptors (Lipinski definition) is 5. The fourth-order valence-corrected chi connectivity index (χ4v) is 1.50. The molecular weight excluding hydrogens is 264 g/mol. The standard InChI is InChI=1S/C13H18N2O5/c1-13(2,3)20-12(17)14-10-4-5-11(16)9(8-10)6-7-15(18)19/h4-5,8,16H,6-7H2,1-3H3,(H,14,17). The molecule has 0 saturated carbocycles. The van der Waals surface area contributed by atoms with Gasteiger partial charge in [0.05, 0.1) is 0 Å². The molecule has 0 aliphatic rings. The molecule has 0 aliphatic carbocycles. The van der Waals surface area contributed by atoms with E-state index in [-0.39, 0.29) is 18.7 Å². The zero-order chi connectivity index (χ0) is 15.3. The normalized spacial score (nSPS) is 10.9. The monoisotopic (exact) mass is 282 g/mol. The molecular formula is C13H18N2O5. The Kier molecular flexibility index (Phi) is 4.90. The zero-order valence-corrected chi connectivity index (χ0v) is 11.7. The average molecular weight is 282 g/mol. The number of carbonyl (C=O) groups is 1. The second-order valence-electron chi connectivity index (χ2n) is 5.28. The van der Waals surface area contributed by atoms with Crippen LogP contribution in [-0.4, -0.2) is 28.3 Å². The van der Waals surface area contributed by atoms with Gasteiger partial charge >= 0.3 is 6.09 Å². The molecule has 0 heterocycles. The minimum Gasteiger partial charge on any atom is -0.508 e. The van der Waals surface area contributed by atoms with E-state index in [1.165, 1.54) is 18.2 Å². The van der Waals surface area contributed by atoms with Crippen molar-refractivity contribution >= 4 is 11.8 Å². The van der Waals surface area contributed by atoms with E-state index in [0.717, 1.165) is 0 Å². The van der Waals surface area contributed by atoms with Crippen molar-refractivity contribution in [3.63, 3.8) is 0 Å². The van der Waals surface area contributed by atoms with Gasteiger partial charge in [-0.2, -0.15) is 0 Å². The van der Waals surface area contributed by atoms with Crippen molar-refractivity contribution < 1.29 is 19.6 Å². The molecule has 0 atom stereocenters. The van der Waals surface area contributed by atoms with Crippen molar-refractivity contribution in [3.8, 4) is 5.75 Å². The SMILES string of the molecule is CC(C)(C)OC(=O)Nc1ccc(O)c(CC[N+](=O)[O-])c1. The number of aromatic hydroxyl groups is 1. The Morgan fingerprint density at radius 2 is 2.10 bits per heavy atom. The van der Waals surface area contributed by atoms with E-state index in [1.54, 1.807) is 20.8 Å². The number of anilines is 1. The Balaban J connectivity index is 2.74. The van der Waals surface area contributed by atoms with Gasteiger partial charge in [-0.05, 0) is 39.0 Å². The fourth-order valence-electron chi connectivity index (χ4n) is 1.50. The summed E-state index contributed by atoms with van der Waals surface area (Å²) in [7, 11) is 0. The highest BCUT2D eigenvalue weighted by atomic mass is 16.6. The highest BCUT2D eigenvalue weighted by molar-refractivity contribution is 5.85. The van der Waals surface area contributed by atoms with Crippen LogP contribution in [0, 0.1) is 10.1 Å². The summed E-state index contributed by atoms with van der Waals surface area (Å²) in [5.74, 6) is -0.0402. The van der Waals surface area contributed by atoms with Crippen LogP contribution in [0.1, 0.15) is 26.3 Å². The molecule has 0 aliphatic heterocycles. The minimum atomic E-state index is -0.622. The van der Waals surface area contributed by atoms with Crippen molar-refractivity contribution in [2.24, 2.45) is 0 Å². The van der Waals surface area contributed by atoms with Crippen LogP contribution >= 0.6 is 0 Å². The van der Waals surface area contributed by atoms with E-state index in [4.69, 9.17) is 4.74 Å². The van der Waals surface area contributed by atoms with Crippen LogP contribution in [0.3, 0.4) is 0 Å². The number of hydrogen-bond donors (Lipinski definition) is 2. The number of phenols is 1. The van der Waals surface area contributed by atoms with Gasteiger partial charge < -0.3 is 9.84 Å². The number of nitrogens with zero attached hydrogens (tertiary/aromatic N) is 1. The molecule has 2 N–H and O–H groups in total. The van der Waals surface area contributed by atoms with E-state index < -0.39 is 16.6 Å². The number of amides is 1. The topological polar surface area (TPSA) is 102 Å². The number of carbonyl (C=O) groups excluding carboxylic acids is 1. The molecule has 0 aromatic heterocycles. The molecule has 20 heavy (non-hydrogen) atoms. The molecule has 1 aromatic rings. The van der Waals surface area contributed by atoms with E-state index in [1.807, 2.05) is 0 Å². The summed E-state index contributed by atoms with van der Waals surface area (Å²) in [6.07, 6.45) is -0.536. The van der Waals surface area contributed by atoms with E-state index in [2.05, 4.69) is 5.32 Å². The molecule has 1 amide bonds. The largest absolute Gasteiger partial charge is 0.508 e.